The number of likely N-dealkylation sites (N-methyl/N-ethyl adjacent to an activating group) is 1. The highest BCUT2D eigenvalue weighted by Crippen LogP contribution is 2.22. The molecule has 2 heteroatoms. The quantitative estimate of drug-likeness (QED) is 0.677. The second kappa shape index (κ2) is 8.98. The highest BCUT2D eigenvalue weighted by molar-refractivity contribution is 5.37. The fourth-order valence-electron chi connectivity index (χ4n) is 2.54. The van der Waals surface area contributed by atoms with E-state index in [1.54, 1.807) is 7.11 Å². The van der Waals surface area contributed by atoms with Crippen molar-refractivity contribution in [3.63, 3.8) is 0 Å². The van der Waals surface area contributed by atoms with Crippen LogP contribution in [-0.2, 0) is 6.42 Å². The molecular formula is C17H29NO. The van der Waals surface area contributed by atoms with E-state index in [4.69, 9.17) is 4.74 Å². The van der Waals surface area contributed by atoms with E-state index >= 15 is 0 Å². The van der Waals surface area contributed by atoms with Crippen molar-refractivity contribution in [2.45, 2.75) is 58.9 Å². The maximum Gasteiger partial charge on any atom is 0.122 e. The largest absolute Gasteiger partial charge is 0.496 e. The van der Waals surface area contributed by atoms with Gasteiger partial charge in [0.25, 0.3) is 0 Å². The van der Waals surface area contributed by atoms with E-state index in [0.717, 1.165) is 18.7 Å². The van der Waals surface area contributed by atoms with Gasteiger partial charge in [0, 0.05) is 6.04 Å². The Bertz CT molecular complexity index is 362. The Balaban J connectivity index is 2.68. The molecule has 0 fully saturated rings. The first-order valence-corrected chi connectivity index (χ1v) is 7.58. The van der Waals surface area contributed by atoms with Crippen molar-refractivity contribution in [2.75, 3.05) is 13.7 Å². The molecule has 108 valence electrons. The van der Waals surface area contributed by atoms with E-state index in [0.29, 0.717) is 6.04 Å². The number of rotatable bonds is 9. The summed E-state index contributed by atoms with van der Waals surface area (Å²) in [5.74, 6) is 1.02. The van der Waals surface area contributed by atoms with Crippen molar-refractivity contribution < 1.29 is 4.74 Å². The molecule has 0 amide bonds. The van der Waals surface area contributed by atoms with Crippen LogP contribution in [0.4, 0.5) is 0 Å². The van der Waals surface area contributed by atoms with Crippen molar-refractivity contribution in [1.29, 1.82) is 0 Å². The lowest BCUT2D eigenvalue weighted by atomic mass is 9.98. The Kier molecular flexibility index (Phi) is 7.57. The lowest BCUT2D eigenvalue weighted by Crippen LogP contribution is -2.31. The number of aryl methyl sites for hydroxylation is 1. The van der Waals surface area contributed by atoms with Gasteiger partial charge in [-0.15, -0.1) is 0 Å². The van der Waals surface area contributed by atoms with Crippen molar-refractivity contribution in [3.8, 4) is 5.75 Å². The average Bonchev–Trinajstić information content (AvgIpc) is 2.39. The summed E-state index contributed by atoms with van der Waals surface area (Å²) >= 11 is 0. The van der Waals surface area contributed by atoms with Crippen LogP contribution in [0.15, 0.2) is 18.2 Å². The van der Waals surface area contributed by atoms with Gasteiger partial charge in [-0.3, -0.25) is 0 Å². The minimum atomic E-state index is 0.562. The van der Waals surface area contributed by atoms with E-state index < -0.39 is 0 Å². The number of ether oxygens (including phenoxy) is 1. The van der Waals surface area contributed by atoms with Crippen molar-refractivity contribution in [1.82, 2.24) is 5.32 Å². The highest BCUT2D eigenvalue weighted by Gasteiger charge is 2.11. The SMILES string of the molecule is CCCCCC(Cc1cc(C)ccc1OC)NCC. The third-order valence-corrected chi connectivity index (χ3v) is 3.55. The summed E-state index contributed by atoms with van der Waals surface area (Å²) in [5, 5.41) is 3.61. The number of hydrogen-bond donors (Lipinski definition) is 1. The fraction of sp³-hybridized carbons (Fsp3) is 0.647. The van der Waals surface area contributed by atoms with Crippen LogP contribution in [0, 0.1) is 6.92 Å². The summed E-state index contributed by atoms with van der Waals surface area (Å²) in [5.41, 5.74) is 2.63. The van der Waals surface area contributed by atoms with Crippen LogP contribution < -0.4 is 10.1 Å². The first-order valence-electron chi connectivity index (χ1n) is 7.58. The van der Waals surface area contributed by atoms with Gasteiger partial charge in [0.1, 0.15) is 5.75 Å². The van der Waals surface area contributed by atoms with Crippen molar-refractivity contribution >= 4 is 0 Å². The maximum absolute atomic E-state index is 5.48. The molecule has 1 rings (SSSR count). The third kappa shape index (κ3) is 5.65. The second-order valence-corrected chi connectivity index (χ2v) is 5.27. The van der Waals surface area contributed by atoms with Crippen LogP contribution in [0.5, 0.6) is 5.75 Å². The molecule has 0 aromatic heterocycles. The van der Waals surface area contributed by atoms with Crippen LogP contribution in [0.2, 0.25) is 0 Å². The van der Waals surface area contributed by atoms with Crippen LogP contribution in [0.25, 0.3) is 0 Å². The van der Waals surface area contributed by atoms with Gasteiger partial charge >= 0.3 is 0 Å². The van der Waals surface area contributed by atoms with Gasteiger partial charge in [0.05, 0.1) is 7.11 Å². The Morgan fingerprint density at radius 1 is 1.21 bits per heavy atom. The summed E-state index contributed by atoms with van der Waals surface area (Å²) in [4.78, 5) is 0. The highest BCUT2D eigenvalue weighted by atomic mass is 16.5. The van der Waals surface area contributed by atoms with Gasteiger partial charge in [-0.1, -0.05) is 50.8 Å². The van der Waals surface area contributed by atoms with Gasteiger partial charge in [0.15, 0.2) is 0 Å². The predicted molar refractivity (Wildman–Crippen MR) is 83.0 cm³/mol. The molecule has 0 spiro atoms. The van der Waals surface area contributed by atoms with Crippen LogP contribution >= 0.6 is 0 Å². The molecule has 1 N–H and O–H groups in total. The Hall–Kier alpha value is -1.02. The van der Waals surface area contributed by atoms with Gasteiger partial charge in [-0.25, -0.2) is 0 Å². The van der Waals surface area contributed by atoms with E-state index in [1.165, 1.54) is 36.8 Å². The van der Waals surface area contributed by atoms with Gasteiger partial charge < -0.3 is 10.1 Å². The van der Waals surface area contributed by atoms with Crippen LogP contribution in [0.3, 0.4) is 0 Å². The monoisotopic (exact) mass is 263 g/mol. The lowest BCUT2D eigenvalue weighted by Gasteiger charge is -2.19. The standard InChI is InChI=1S/C17H29NO/c1-5-7-8-9-16(18-6-2)13-15-12-14(3)10-11-17(15)19-4/h10-12,16,18H,5-9,13H2,1-4H3. The molecule has 0 aliphatic heterocycles. The summed E-state index contributed by atoms with van der Waals surface area (Å²) in [6.45, 7) is 7.61. The molecule has 0 heterocycles. The average molecular weight is 263 g/mol. The molecule has 0 aliphatic carbocycles. The molecular weight excluding hydrogens is 234 g/mol. The van der Waals surface area contributed by atoms with Crippen molar-refractivity contribution in [3.05, 3.63) is 29.3 Å². The lowest BCUT2D eigenvalue weighted by molar-refractivity contribution is 0.401. The fourth-order valence-corrected chi connectivity index (χ4v) is 2.54. The molecule has 2 nitrogen and oxygen atoms in total. The second-order valence-electron chi connectivity index (χ2n) is 5.27. The molecule has 1 atom stereocenters. The Morgan fingerprint density at radius 3 is 2.63 bits per heavy atom. The zero-order valence-corrected chi connectivity index (χ0v) is 13.0. The minimum absolute atomic E-state index is 0.562. The number of nitrogens with one attached hydrogen (secondary N) is 1. The van der Waals surface area contributed by atoms with E-state index in [1.807, 2.05) is 0 Å². The van der Waals surface area contributed by atoms with Gasteiger partial charge in [-0.05, 0) is 37.9 Å². The Labute approximate surface area is 118 Å². The number of unbranched alkanes of at least 4 members (excludes halogenated alkanes) is 2. The minimum Gasteiger partial charge on any atom is -0.496 e. The van der Waals surface area contributed by atoms with E-state index in [-0.39, 0.29) is 0 Å². The third-order valence-electron chi connectivity index (χ3n) is 3.55. The summed E-state index contributed by atoms with van der Waals surface area (Å²) in [7, 11) is 1.76. The normalized spacial score (nSPS) is 12.4. The van der Waals surface area contributed by atoms with Crippen LogP contribution in [-0.4, -0.2) is 19.7 Å². The molecule has 1 unspecified atom stereocenters. The topological polar surface area (TPSA) is 21.3 Å². The number of methoxy groups -OCH3 is 1. The molecule has 0 bridgehead atoms. The van der Waals surface area contributed by atoms with E-state index in [9.17, 15) is 0 Å². The summed E-state index contributed by atoms with van der Waals surface area (Å²) in [6, 6.07) is 7.01. The summed E-state index contributed by atoms with van der Waals surface area (Å²) < 4.78 is 5.48. The molecule has 19 heavy (non-hydrogen) atoms. The van der Waals surface area contributed by atoms with Gasteiger partial charge in [0.2, 0.25) is 0 Å². The smallest absolute Gasteiger partial charge is 0.122 e. The summed E-state index contributed by atoms with van der Waals surface area (Å²) in [6.07, 6.45) is 6.23. The predicted octanol–water partition coefficient (Wildman–Crippen LogP) is 4.10. The molecule has 0 radical (unpaired) electrons. The zero-order chi connectivity index (χ0) is 14.1. The van der Waals surface area contributed by atoms with E-state index in [2.05, 4.69) is 44.3 Å². The van der Waals surface area contributed by atoms with Crippen LogP contribution in [0.1, 0.15) is 50.7 Å². The maximum atomic E-state index is 5.48. The van der Waals surface area contributed by atoms with Gasteiger partial charge in [-0.2, -0.15) is 0 Å². The Morgan fingerprint density at radius 2 is 2.00 bits per heavy atom. The molecule has 1 aromatic rings. The first kappa shape index (κ1) is 16.0. The molecule has 1 aromatic carbocycles. The molecule has 0 saturated carbocycles. The number of hydrogen-bond acceptors (Lipinski definition) is 2. The first-order chi connectivity index (χ1) is 9.21. The number of benzene rings is 1. The zero-order valence-electron chi connectivity index (χ0n) is 13.0. The molecule has 0 aliphatic rings. The molecule has 0 saturated heterocycles. The van der Waals surface area contributed by atoms with Crippen molar-refractivity contribution in [2.24, 2.45) is 0 Å².